The van der Waals surface area contributed by atoms with Crippen LogP contribution < -0.4 is 5.32 Å². The molecule has 0 saturated heterocycles. The van der Waals surface area contributed by atoms with E-state index in [1.807, 2.05) is 19.4 Å². The van der Waals surface area contributed by atoms with Crippen LogP contribution in [-0.4, -0.2) is 26.1 Å². The normalized spacial score (nSPS) is 11.3. The van der Waals surface area contributed by atoms with E-state index in [0.29, 0.717) is 5.92 Å². The summed E-state index contributed by atoms with van der Waals surface area (Å²) >= 11 is 0. The molecule has 0 bridgehead atoms. The SMILES string of the molecule is CCNCc1nc(C(C)C)ncc1-n1cnc(C)c1C. The van der Waals surface area contributed by atoms with Crippen LogP contribution in [0.3, 0.4) is 0 Å². The molecule has 2 rings (SSSR count). The van der Waals surface area contributed by atoms with E-state index in [2.05, 4.69) is 47.5 Å². The second-order valence-electron chi connectivity index (χ2n) is 5.28. The van der Waals surface area contributed by atoms with E-state index in [1.54, 1.807) is 0 Å². The molecule has 0 aliphatic rings. The van der Waals surface area contributed by atoms with E-state index in [9.17, 15) is 0 Å². The van der Waals surface area contributed by atoms with Crippen LogP contribution in [0.15, 0.2) is 12.5 Å². The van der Waals surface area contributed by atoms with Gasteiger partial charge in [-0.1, -0.05) is 20.8 Å². The zero-order valence-electron chi connectivity index (χ0n) is 12.9. The first-order valence-corrected chi connectivity index (χ1v) is 7.12. The van der Waals surface area contributed by atoms with Crippen molar-refractivity contribution >= 4 is 0 Å². The lowest BCUT2D eigenvalue weighted by molar-refractivity contribution is 0.679. The lowest BCUT2D eigenvalue weighted by Crippen LogP contribution is -2.17. The molecule has 0 saturated carbocycles. The van der Waals surface area contributed by atoms with Gasteiger partial charge in [0.05, 0.1) is 29.6 Å². The van der Waals surface area contributed by atoms with Crippen molar-refractivity contribution in [3.05, 3.63) is 35.4 Å². The zero-order valence-corrected chi connectivity index (χ0v) is 12.9. The number of aromatic nitrogens is 4. The maximum absolute atomic E-state index is 4.71. The molecule has 2 aromatic rings. The summed E-state index contributed by atoms with van der Waals surface area (Å²) in [5.74, 6) is 1.21. The first-order chi connectivity index (χ1) is 9.54. The molecule has 0 amide bonds. The molecule has 108 valence electrons. The number of aryl methyl sites for hydroxylation is 1. The summed E-state index contributed by atoms with van der Waals surface area (Å²) in [7, 11) is 0. The van der Waals surface area contributed by atoms with Gasteiger partial charge in [-0.15, -0.1) is 0 Å². The highest BCUT2D eigenvalue weighted by atomic mass is 15.1. The highest BCUT2D eigenvalue weighted by Crippen LogP contribution is 2.18. The first-order valence-electron chi connectivity index (χ1n) is 7.12. The fourth-order valence-electron chi connectivity index (χ4n) is 2.02. The van der Waals surface area contributed by atoms with E-state index in [1.165, 1.54) is 0 Å². The predicted octanol–water partition coefficient (Wildman–Crippen LogP) is 2.51. The molecule has 1 N–H and O–H groups in total. The number of hydrogen-bond donors (Lipinski definition) is 1. The Morgan fingerprint density at radius 1 is 1.25 bits per heavy atom. The second kappa shape index (κ2) is 6.13. The highest BCUT2D eigenvalue weighted by molar-refractivity contribution is 5.37. The largest absolute Gasteiger partial charge is 0.311 e. The van der Waals surface area contributed by atoms with Gasteiger partial charge < -0.3 is 5.32 Å². The fraction of sp³-hybridized carbons (Fsp3) is 0.533. The Kier molecular flexibility index (Phi) is 4.49. The van der Waals surface area contributed by atoms with Crippen molar-refractivity contribution in [3.8, 4) is 5.69 Å². The van der Waals surface area contributed by atoms with E-state index < -0.39 is 0 Å². The zero-order chi connectivity index (χ0) is 14.7. The molecule has 0 aromatic carbocycles. The van der Waals surface area contributed by atoms with Crippen LogP contribution in [-0.2, 0) is 6.54 Å². The standard InChI is InChI=1S/C15H23N5/c1-6-16-7-13-14(8-17-15(19-13)10(2)3)20-9-18-11(4)12(20)5/h8-10,16H,6-7H2,1-5H3. The van der Waals surface area contributed by atoms with Gasteiger partial charge in [-0.25, -0.2) is 15.0 Å². The fourth-order valence-corrected chi connectivity index (χ4v) is 2.02. The van der Waals surface area contributed by atoms with E-state index in [4.69, 9.17) is 4.98 Å². The van der Waals surface area contributed by atoms with Gasteiger partial charge >= 0.3 is 0 Å². The molecule has 5 heteroatoms. The molecular weight excluding hydrogens is 250 g/mol. The maximum Gasteiger partial charge on any atom is 0.131 e. The Hall–Kier alpha value is -1.75. The van der Waals surface area contributed by atoms with Crippen LogP contribution in [0, 0.1) is 13.8 Å². The molecule has 2 heterocycles. The molecule has 0 fully saturated rings. The van der Waals surface area contributed by atoms with Crippen LogP contribution in [0.25, 0.3) is 5.69 Å². The minimum absolute atomic E-state index is 0.329. The predicted molar refractivity (Wildman–Crippen MR) is 80.1 cm³/mol. The Bertz CT molecular complexity index is 586. The third-order valence-corrected chi connectivity index (χ3v) is 3.43. The summed E-state index contributed by atoms with van der Waals surface area (Å²) in [5, 5.41) is 3.34. The van der Waals surface area contributed by atoms with Crippen molar-refractivity contribution in [2.75, 3.05) is 6.54 Å². The van der Waals surface area contributed by atoms with Crippen molar-refractivity contribution in [2.24, 2.45) is 0 Å². The molecular formula is C15H23N5. The number of rotatable bonds is 5. The second-order valence-corrected chi connectivity index (χ2v) is 5.28. The molecule has 0 spiro atoms. The number of nitrogens with zero attached hydrogens (tertiary/aromatic N) is 4. The number of imidazole rings is 1. The van der Waals surface area contributed by atoms with Gasteiger partial charge in [0, 0.05) is 18.2 Å². The van der Waals surface area contributed by atoms with Gasteiger partial charge in [-0.3, -0.25) is 4.57 Å². The molecule has 0 radical (unpaired) electrons. The highest BCUT2D eigenvalue weighted by Gasteiger charge is 2.13. The molecule has 0 aliphatic carbocycles. The maximum atomic E-state index is 4.71. The third kappa shape index (κ3) is 2.88. The molecule has 2 aromatic heterocycles. The van der Waals surface area contributed by atoms with Crippen LogP contribution in [0.2, 0.25) is 0 Å². The van der Waals surface area contributed by atoms with Crippen molar-refractivity contribution in [1.29, 1.82) is 0 Å². The summed E-state index contributed by atoms with van der Waals surface area (Å²) < 4.78 is 2.06. The van der Waals surface area contributed by atoms with Crippen molar-refractivity contribution in [3.63, 3.8) is 0 Å². The van der Waals surface area contributed by atoms with Crippen LogP contribution in [0.5, 0.6) is 0 Å². The van der Waals surface area contributed by atoms with Crippen molar-refractivity contribution in [1.82, 2.24) is 24.8 Å². The van der Waals surface area contributed by atoms with Crippen LogP contribution in [0.4, 0.5) is 0 Å². The smallest absolute Gasteiger partial charge is 0.131 e. The summed E-state index contributed by atoms with van der Waals surface area (Å²) in [6.07, 6.45) is 3.75. The molecule has 0 aliphatic heterocycles. The number of hydrogen-bond acceptors (Lipinski definition) is 4. The van der Waals surface area contributed by atoms with Gasteiger partial charge in [0.1, 0.15) is 5.82 Å². The topological polar surface area (TPSA) is 55.6 Å². The Morgan fingerprint density at radius 2 is 2.00 bits per heavy atom. The lowest BCUT2D eigenvalue weighted by Gasteiger charge is -2.14. The summed E-state index contributed by atoms with van der Waals surface area (Å²) in [6, 6.07) is 0. The first kappa shape index (κ1) is 14.7. The van der Waals surface area contributed by atoms with Gasteiger partial charge in [0.2, 0.25) is 0 Å². The molecule has 5 nitrogen and oxygen atoms in total. The molecule has 0 unspecified atom stereocenters. The quantitative estimate of drug-likeness (QED) is 0.909. The average Bonchev–Trinajstić information content (AvgIpc) is 2.76. The Morgan fingerprint density at radius 3 is 2.55 bits per heavy atom. The average molecular weight is 273 g/mol. The van der Waals surface area contributed by atoms with Gasteiger partial charge in [-0.05, 0) is 20.4 Å². The Balaban J connectivity index is 2.48. The van der Waals surface area contributed by atoms with Crippen molar-refractivity contribution in [2.45, 2.75) is 47.1 Å². The van der Waals surface area contributed by atoms with Gasteiger partial charge in [0.15, 0.2) is 0 Å². The lowest BCUT2D eigenvalue weighted by atomic mass is 10.2. The minimum atomic E-state index is 0.329. The number of nitrogens with one attached hydrogen (secondary N) is 1. The Labute approximate surface area is 120 Å². The monoisotopic (exact) mass is 273 g/mol. The summed E-state index contributed by atoms with van der Waals surface area (Å²) in [6.45, 7) is 12.1. The minimum Gasteiger partial charge on any atom is -0.311 e. The van der Waals surface area contributed by atoms with E-state index in [-0.39, 0.29) is 0 Å². The van der Waals surface area contributed by atoms with Gasteiger partial charge in [0.25, 0.3) is 0 Å². The van der Waals surface area contributed by atoms with E-state index >= 15 is 0 Å². The van der Waals surface area contributed by atoms with Crippen molar-refractivity contribution < 1.29 is 0 Å². The van der Waals surface area contributed by atoms with Crippen LogP contribution >= 0.6 is 0 Å². The van der Waals surface area contributed by atoms with Crippen LogP contribution in [0.1, 0.15) is 49.6 Å². The van der Waals surface area contributed by atoms with E-state index in [0.717, 1.165) is 41.7 Å². The summed E-state index contributed by atoms with van der Waals surface area (Å²) in [5.41, 5.74) is 4.19. The molecule has 0 atom stereocenters. The van der Waals surface area contributed by atoms with Gasteiger partial charge in [-0.2, -0.15) is 0 Å². The summed E-state index contributed by atoms with van der Waals surface area (Å²) in [4.78, 5) is 13.6. The molecule has 20 heavy (non-hydrogen) atoms. The third-order valence-electron chi connectivity index (χ3n) is 3.43.